The first-order valence-electron chi connectivity index (χ1n) is 5.72. The molecule has 0 aliphatic heterocycles. The molecule has 0 aromatic carbocycles. The molecule has 0 bridgehead atoms. The minimum absolute atomic E-state index is 0.00466. The van der Waals surface area contributed by atoms with Gasteiger partial charge in [0, 0.05) is 26.0 Å². The van der Waals surface area contributed by atoms with Gasteiger partial charge in [-0.05, 0) is 32.1 Å². The molecule has 1 fully saturated rings. The van der Waals surface area contributed by atoms with E-state index in [9.17, 15) is 8.42 Å². The largest absolute Gasteiger partial charge is 0.380 e. The number of methoxy groups -OCH3 is 1. The molecule has 1 aliphatic carbocycles. The Balaban J connectivity index is 2.38. The number of sulfone groups is 1. The summed E-state index contributed by atoms with van der Waals surface area (Å²) in [7, 11) is -1.18. The van der Waals surface area contributed by atoms with Gasteiger partial charge in [0.2, 0.25) is 0 Å². The van der Waals surface area contributed by atoms with Gasteiger partial charge in [0.05, 0.1) is 11.9 Å². The molecule has 1 rings (SSSR count). The number of rotatable bonds is 7. The van der Waals surface area contributed by atoms with E-state index in [1.54, 1.807) is 7.11 Å². The smallest absolute Gasteiger partial charge is 0.148 e. The Morgan fingerprint density at radius 1 is 1.38 bits per heavy atom. The summed E-state index contributed by atoms with van der Waals surface area (Å²) in [4.78, 5) is 0. The van der Waals surface area contributed by atoms with Crippen LogP contribution in [0.3, 0.4) is 0 Å². The van der Waals surface area contributed by atoms with Crippen molar-refractivity contribution in [2.45, 2.75) is 38.8 Å². The van der Waals surface area contributed by atoms with E-state index in [0.29, 0.717) is 5.75 Å². The van der Waals surface area contributed by atoms with Crippen molar-refractivity contribution < 1.29 is 13.2 Å². The molecule has 1 saturated carbocycles. The van der Waals surface area contributed by atoms with Crippen LogP contribution in [0, 0.1) is 5.41 Å². The van der Waals surface area contributed by atoms with Crippen LogP contribution in [0.5, 0.6) is 0 Å². The summed E-state index contributed by atoms with van der Waals surface area (Å²) >= 11 is 0. The third-order valence-corrected chi connectivity index (χ3v) is 4.54. The van der Waals surface area contributed by atoms with Gasteiger partial charge in [-0.25, -0.2) is 8.42 Å². The molecule has 96 valence electrons. The van der Waals surface area contributed by atoms with Crippen molar-refractivity contribution in [1.29, 1.82) is 0 Å². The molecule has 2 atom stereocenters. The Morgan fingerprint density at radius 3 is 2.31 bits per heavy atom. The highest BCUT2D eigenvalue weighted by atomic mass is 32.2. The predicted octanol–water partition coefficient (Wildman–Crippen LogP) is 0.824. The van der Waals surface area contributed by atoms with Crippen molar-refractivity contribution in [2.75, 3.05) is 25.7 Å². The van der Waals surface area contributed by atoms with Crippen LogP contribution in [-0.4, -0.2) is 46.2 Å². The zero-order valence-electron chi connectivity index (χ0n) is 10.6. The van der Waals surface area contributed by atoms with Crippen LogP contribution in [0.15, 0.2) is 0 Å². The van der Waals surface area contributed by atoms with Gasteiger partial charge in [0.25, 0.3) is 0 Å². The van der Waals surface area contributed by atoms with Crippen molar-refractivity contribution >= 4 is 9.84 Å². The van der Waals surface area contributed by atoms with Crippen LogP contribution in [-0.2, 0) is 14.6 Å². The third kappa shape index (κ3) is 4.39. The van der Waals surface area contributed by atoms with E-state index in [-0.39, 0.29) is 17.6 Å². The maximum absolute atomic E-state index is 11.3. The standard InChI is InChI=1S/C11H23NO3S/c1-9(10(2)15-3)12-7-11(5-6-11)8-16(4,13)14/h9-10,12H,5-8H2,1-4H3. The summed E-state index contributed by atoms with van der Waals surface area (Å²) in [5.41, 5.74) is -0.00466. The fourth-order valence-corrected chi connectivity index (χ4v) is 3.36. The quantitative estimate of drug-likeness (QED) is 0.726. The summed E-state index contributed by atoms with van der Waals surface area (Å²) in [6.07, 6.45) is 3.49. The Hall–Kier alpha value is -0.130. The van der Waals surface area contributed by atoms with Crippen molar-refractivity contribution in [3.05, 3.63) is 0 Å². The molecule has 2 unspecified atom stereocenters. The van der Waals surface area contributed by atoms with E-state index < -0.39 is 9.84 Å². The fraction of sp³-hybridized carbons (Fsp3) is 1.00. The van der Waals surface area contributed by atoms with Crippen LogP contribution >= 0.6 is 0 Å². The molecule has 0 saturated heterocycles. The summed E-state index contributed by atoms with van der Waals surface area (Å²) in [6, 6.07) is 0.252. The lowest BCUT2D eigenvalue weighted by atomic mass is 10.1. The first kappa shape index (κ1) is 13.9. The van der Waals surface area contributed by atoms with Gasteiger partial charge in [-0.3, -0.25) is 0 Å². The van der Waals surface area contributed by atoms with Gasteiger partial charge in [0.1, 0.15) is 9.84 Å². The Kier molecular flexibility index (Phi) is 4.37. The number of ether oxygens (including phenoxy) is 1. The first-order chi connectivity index (χ1) is 7.28. The second-order valence-electron chi connectivity index (χ2n) is 5.18. The van der Waals surface area contributed by atoms with Crippen molar-refractivity contribution in [1.82, 2.24) is 5.32 Å². The number of hydrogen-bond acceptors (Lipinski definition) is 4. The normalized spacial score (nSPS) is 22.8. The lowest BCUT2D eigenvalue weighted by Gasteiger charge is -2.23. The molecule has 4 nitrogen and oxygen atoms in total. The topological polar surface area (TPSA) is 55.4 Å². The predicted molar refractivity (Wildman–Crippen MR) is 65.3 cm³/mol. The van der Waals surface area contributed by atoms with Crippen molar-refractivity contribution in [3.8, 4) is 0 Å². The molecule has 0 heterocycles. The Morgan fingerprint density at radius 2 is 1.94 bits per heavy atom. The van der Waals surface area contributed by atoms with E-state index in [1.807, 2.05) is 6.92 Å². The lowest BCUT2D eigenvalue weighted by molar-refractivity contribution is 0.0871. The SMILES string of the molecule is COC(C)C(C)NCC1(CS(C)(=O)=O)CC1. The molecule has 0 aromatic rings. The zero-order chi connectivity index (χ0) is 12.4. The summed E-state index contributed by atoms with van der Waals surface area (Å²) in [5.74, 6) is 0.307. The highest BCUT2D eigenvalue weighted by Crippen LogP contribution is 2.46. The molecular weight excluding hydrogens is 226 g/mol. The molecule has 0 spiro atoms. The minimum Gasteiger partial charge on any atom is -0.380 e. The Bertz CT molecular complexity index is 322. The second-order valence-corrected chi connectivity index (χ2v) is 7.32. The van der Waals surface area contributed by atoms with Crippen LogP contribution in [0.25, 0.3) is 0 Å². The van der Waals surface area contributed by atoms with E-state index in [2.05, 4.69) is 12.2 Å². The first-order valence-corrected chi connectivity index (χ1v) is 7.78. The number of hydrogen-bond donors (Lipinski definition) is 1. The van der Waals surface area contributed by atoms with Crippen LogP contribution in [0.4, 0.5) is 0 Å². The maximum Gasteiger partial charge on any atom is 0.148 e. The minimum atomic E-state index is -2.86. The average Bonchev–Trinajstić information content (AvgIpc) is 2.91. The highest BCUT2D eigenvalue weighted by molar-refractivity contribution is 7.90. The second kappa shape index (κ2) is 5.02. The van der Waals surface area contributed by atoms with E-state index in [0.717, 1.165) is 19.4 Å². The molecule has 1 aliphatic rings. The highest BCUT2D eigenvalue weighted by Gasteiger charge is 2.45. The van der Waals surface area contributed by atoms with Gasteiger partial charge in [0.15, 0.2) is 0 Å². The molecule has 0 amide bonds. The number of nitrogens with one attached hydrogen (secondary N) is 1. The molecule has 1 N–H and O–H groups in total. The van der Waals surface area contributed by atoms with Gasteiger partial charge >= 0.3 is 0 Å². The monoisotopic (exact) mass is 249 g/mol. The molecular formula is C11H23NO3S. The van der Waals surface area contributed by atoms with Gasteiger partial charge in [-0.2, -0.15) is 0 Å². The molecule has 16 heavy (non-hydrogen) atoms. The van der Waals surface area contributed by atoms with E-state index in [4.69, 9.17) is 4.74 Å². The van der Waals surface area contributed by atoms with Crippen LogP contribution in [0.1, 0.15) is 26.7 Å². The van der Waals surface area contributed by atoms with Crippen LogP contribution in [0.2, 0.25) is 0 Å². The average molecular weight is 249 g/mol. The van der Waals surface area contributed by atoms with Crippen molar-refractivity contribution in [3.63, 3.8) is 0 Å². The van der Waals surface area contributed by atoms with Gasteiger partial charge in [-0.1, -0.05) is 0 Å². The fourth-order valence-electron chi connectivity index (χ4n) is 1.85. The maximum atomic E-state index is 11.3. The summed E-state index contributed by atoms with van der Waals surface area (Å²) < 4.78 is 27.8. The molecule has 0 aromatic heterocycles. The van der Waals surface area contributed by atoms with E-state index in [1.165, 1.54) is 6.26 Å². The zero-order valence-corrected chi connectivity index (χ0v) is 11.4. The van der Waals surface area contributed by atoms with Crippen LogP contribution < -0.4 is 5.32 Å². The van der Waals surface area contributed by atoms with E-state index >= 15 is 0 Å². The summed E-state index contributed by atoms with van der Waals surface area (Å²) in [6.45, 7) is 4.84. The van der Waals surface area contributed by atoms with Gasteiger partial charge < -0.3 is 10.1 Å². The van der Waals surface area contributed by atoms with Crippen molar-refractivity contribution in [2.24, 2.45) is 5.41 Å². The molecule has 0 radical (unpaired) electrons. The Labute approximate surface area is 98.7 Å². The molecule has 5 heteroatoms. The lowest BCUT2D eigenvalue weighted by Crippen LogP contribution is -2.41. The summed E-state index contributed by atoms with van der Waals surface area (Å²) in [5, 5.41) is 3.37. The third-order valence-electron chi connectivity index (χ3n) is 3.40. The van der Waals surface area contributed by atoms with Gasteiger partial charge in [-0.15, -0.1) is 0 Å².